The second-order valence-electron chi connectivity index (χ2n) is 4.83. The first kappa shape index (κ1) is 12.4. The number of nitrogens with zero attached hydrogens (tertiary/aromatic N) is 1. The van der Waals surface area contributed by atoms with Crippen molar-refractivity contribution in [3.63, 3.8) is 0 Å². The molecule has 2 amide bonds. The van der Waals surface area contributed by atoms with E-state index in [9.17, 15) is 4.79 Å². The minimum atomic E-state index is -0.237. The van der Waals surface area contributed by atoms with Gasteiger partial charge in [0.1, 0.15) is 0 Å². The van der Waals surface area contributed by atoms with Gasteiger partial charge in [0.05, 0.1) is 0 Å². The molecule has 1 aromatic carbocycles. The molecular formula is C12H19N3O. The number of urea groups is 1. The SMILES string of the molecule is CN(C(=O)NC(C)(C)C)c1ccc(N)cc1. The van der Waals surface area contributed by atoms with Crippen molar-refractivity contribution in [2.45, 2.75) is 26.3 Å². The lowest BCUT2D eigenvalue weighted by Crippen LogP contribution is -2.47. The van der Waals surface area contributed by atoms with E-state index in [4.69, 9.17) is 5.73 Å². The van der Waals surface area contributed by atoms with Crippen molar-refractivity contribution in [1.29, 1.82) is 0 Å². The first-order valence-electron chi connectivity index (χ1n) is 5.21. The highest BCUT2D eigenvalue weighted by molar-refractivity contribution is 5.91. The molecule has 0 heterocycles. The third-order valence-electron chi connectivity index (χ3n) is 2.07. The average molecular weight is 221 g/mol. The standard InChI is InChI=1S/C12H19N3O/c1-12(2,3)14-11(16)15(4)10-7-5-9(13)6-8-10/h5-8H,13H2,1-4H3,(H,14,16). The van der Waals surface area contributed by atoms with Gasteiger partial charge in [-0.1, -0.05) is 0 Å². The van der Waals surface area contributed by atoms with Gasteiger partial charge in [-0.25, -0.2) is 4.79 Å². The Hall–Kier alpha value is -1.71. The lowest BCUT2D eigenvalue weighted by molar-refractivity contribution is 0.239. The Labute approximate surface area is 96.4 Å². The van der Waals surface area contributed by atoms with E-state index in [1.165, 1.54) is 0 Å². The molecule has 0 unspecified atom stereocenters. The van der Waals surface area contributed by atoms with Gasteiger partial charge in [0.25, 0.3) is 0 Å². The molecular weight excluding hydrogens is 202 g/mol. The molecule has 0 fully saturated rings. The molecule has 4 heteroatoms. The Morgan fingerprint density at radius 2 is 1.75 bits per heavy atom. The van der Waals surface area contributed by atoms with Gasteiger partial charge in [-0.2, -0.15) is 0 Å². The Bertz CT molecular complexity index is 365. The zero-order chi connectivity index (χ0) is 12.3. The summed E-state index contributed by atoms with van der Waals surface area (Å²) >= 11 is 0. The number of hydrogen-bond donors (Lipinski definition) is 2. The smallest absolute Gasteiger partial charge is 0.322 e. The number of benzene rings is 1. The fourth-order valence-corrected chi connectivity index (χ4v) is 1.22. The predicted molar refractivity (Wildman–Crippen MR) is 67.5 cm³/mol. The van der Waals surface area contributed by atoms with Crippen molar-refractivity contribution < 1.29 is 4.79 Å². The number of carbonyl (C=O) groups is 1. The number of nitrogens with one attached hydrogen (secondary N) is 1. The maximum Gasteiger partial charge on any atom is 0.322 e. The summed E-state index contributed by atoms with van der Waals surface area (Å²) in [5.74, 6) is 0. The minimum absolute atomic E-state index is 0.128. The van der Waals surface area contributed by atoms with Crippen molar-refractivity contribution in [1.82, 2.24) is 5.32 Å². The number of amides is 2. The predicted octanol–water partition coefficient (Wildman–Crippen LogP) is 2.21. The molecule has 4 nitrogen and oxygen atoms in total. The van der Waals surface area contributed by atoms with E-state index >= 15 is 0 Å². The highest BCUT2D eigenvalue weighted by Gasteiger charge is 2.17. The van der Waals surface area contributed by atoms with E-state index in [1.807, 2.05) is 32.9 Å². The van der Waals surface area contributed by atoms with Crippen LogP contribution in [0.4, 0.5) is 16.2 Å². The molecule has 3 N–H and O–H groups in total. The van der Waals surface area contributed by atoms with E-state index < -0.39 is 0 Å². The molecule has 0 saturated heterocycles. The molecule has 0 aromatic heterocycles. The van der Waals surface area contributed by atoms with E-state index in [1.54, 1.807) is 24.1 Å². The lowest BCUT2D eigenvalue weighted by Gasteiger charge is -2.25. The van der Waals surface area contributed by atoms with Gasteiger partial charge in [0.15, 0.2) is 0 Å². The van der Waals surface area contributed by atoms with Gasteiger partial charge in [-0.15, -0.1) is 0 Å². The molecule has 0 radical (unpaired) electrons. The van der Waals surface area contributed by atoms with Crippen molar-refractivity contribution in [2.24, 2.45) is 0 Å². The number of carbonyl (C=O) groups excluding carboxylic acids is 1. The fourth-order valence-electron chi connectivity index (χ4n) is 1.22. The number of hydrogen-bond acceptors (Lipinski definition) is 2. The summed E-state index contributed by atoms with van der Waals surface area (Å²) in [6.45, 7) is 5.84. The monoisotopic (exact) mass is 221 g/mol. The van der Waals surface area contributed by atoms with Crippen LogP contribution < -0.4 is 16.0 Å². The van der Waals surface area contributed by atoms with Gasteiger partial charge in [0.2, 0.25) is 0 Å². The Morgan fingerprint density at radius 1 is 1.25 bits per heavy atom. The summed E-state index contributed by atoms with van der Waals surface area (Å²) in [5, 5.41) is 2.89. The van der Waals surface area contributed by atoms with Crippen LogP contribution in [0.3, 0.4) is 0 Å². The zero-order valence-corrected chi connectivity index (χ0v) is 10.2. The van der Waals surface area contributed by atoms with Crippen LogP contribution in [0.5, 0.6) is 0 Å². The Morgan fingerprint density at radius 3 is 2.19 bits per heavy atom. The van der Waals surface area contributed by atoms with Crippen molar-refractivity contribution >= 4 is 17.4 Å². The molecule has 1 aromatic rings. The van der Waals surface area contributed by atoms with Gasteiger partial charge in [0, 0.05) is 24.0 Å². The van der Waals surface area contributed by atoms with Crippen LogP contribution in [-0.2, 0) is 0 Å². The van der Waals surface area contributed by atoms with Crippen LogP contribution in [-0.4, -0.2) is 18.6 Å². The summed E-state index contributed by atoms with van der Waals surface area (Å²) in [6.07, 6.45) is 0. The summed E-state index contributed by atoms with van der Waals surface area (Å²) in [4.78, 5) is 13.4. The van der Waals surface area contributed by atoms with E-state index in [2.05, 4.69) is 5.32 Å². The molecule has 16 heavy (non-hydrogen) atoms. The third kappa shape index (κ3) is 3.46. The number of rotatable bonds is 1. The molecule has 0 atom stereocenters. The quantitative estimate of drug-likeness (QED) is 0.714. The van der Waals surface area contributed by atoms with Crippen molar-refractivity contribution in [2.75, 3.05) is 17.7 Å². The molecule has 0 spiro atoms. The Kier molecular flexibility index (Phi) is 3.42. The second kappa shape index (κ2) is 4.43. The second-order valence-corrected chi connectivity index (χ2v) is 4.83. The first-order valence-corrected chi connectivity index (χ1v) is 5.21. The Balaban J connectivity index is 2.74. The van der Waals surface area contributed by atoms with E-state index in [0.717, 1.165) is 5.69 Å². The van der Waals surface area contributed by atoms with Gasteiger partial charge >= 0.3 is 6.03 Å². The van der Waals surface area contributed by atoms with Crippen LogP contribution in [0.15, 0.2) is 24.3 Å². The van der Waals surface area contributed by atoms with Gasteiger partial charge in [-0.05, 0) is 45.0 Å². The molecule has 0 bridgehead atoms. The van der Waals surface area contributed by atoms with E-state index in [-0.39, 0.29) is 11.6 Å². The lowest BCUT2D eigenvalue weighted by atomic mass is 10.1. The number of nitrogens with two attached hydrogens (primary N) is 1. The van der Waals surface area contributed by atoms with Crippen LogP contribution >= 0.6 is 0 Å². The molecule has 88 valence electrons. The maximum atomic E-state index is 11.8. The largest absolute Gasteiger partial charge is 0.399 e. The van der Waals surface area contributed by atoms with Gasteiger partial charge in [-0.3, -0.25) is 4.90 Å². The summed E-state index contributed by atoms with van der Waals surface area (Å²) < 4.78 is 0. The van der Waals surface area contributed by atoms with Crippen molar-refractivity contribution in [3.05, 3.63) is 24.3 Å². The van der Waals surface area contributed by atoms with Gasteiger partial charge < -0.3 is 11.1 Å². The van der Waals surface area contributed by atoms with Crippen LogP contribution in [0.25, 0.3) is 0 Å². The minimum Gasteiger partial charge on any atom is -0.399 e. The number of anilines is 2. The number of nitrogen functional groups attached to an aromatic ring is 1. The summed E-state index contributed by atoms with van der Waals surface area (Å²) in [7, 11) is 1.73. The zero-order valence-electron chi connectivity index (χ0n) is 10.2. The van der Waals surface area contributed by atoms with Crippen LogP contribution in [0.2, 0.25) is 0 Å². The highest BCUT2D eigenvalue weighted by Crippen LogP contribution is 2.15. The molecule has 0 saturated carbocycles. The molecule has 0 aliphatic carbocycles. The average Bonchev–Trinajstić information content (AvgIpc) is 2.15. The van der Waals surface area contributed by atoms with Crippen LogP contribution in [0, 0.1) is 0 Å². The summed E-state index contributed by atoms with van der Waals surface area (Å²) in [6, 6.07) is 7.05. The molecule has 1 rings (SSSR count). The summed E-state index contributed by atoms with van der Waals surface area (Å²) in [5.41, 5.74) is 6.85. The first-order chi connectivity index (χ1) is 7.29. The third-order valence-corrected chi connectivity index (χ3v) is 2.07. The van der Waals surface area contributed by atoms with Crippen LogP contribution in [0.1, 0.15) is 20.8 Å². The topological polar surface area (TPSA) is 58.4 Å². The maximum absolute atomic E-state index is 11.8. The highest BCUT2D eigenvalue weighted by atomic mass is 16.2. The normalized spacial score (nSPS) is 11.0. The fraction of sp³-hybridized carbons (Fsp3) is 0.417. The van der Waals surface area contributed by atoms with E-state index in [0.29, 0.717) is 5.69 Å². The van der Waals surface area contributed by atoms with Crippen molar-refractivity contribution in [3.8, 4) is 0 Å². The molecule has 0 aliphatic rings. The molecule has 0 aliphatic heterocycles.